The van der Waals surface area contributed by atoms with Gasteiger partial charge >= 0.3 is 0 Å². The lowest BCUT2D eigenvalue weighted by molar-refractivity contribution is -0.374. The van der Waals surface area contributed by atoms with Crippen molar-refractivity contribution in [2.45, 2.75) is 135 Å². The van der Waals surface area contributed by atoms with Gasteiger partial charge in [-0.05, 0) is 6.08 Å². The zero-order chi connectivity index (χ0) is 43.7. The highest BCUT2D eigenvalue weighted by molar-refractivity contribution is 7.99. The van der Waals surface area contributed by atoms with Crippen molar-refractivity contribution < 1.29 is 109 Å². The quantitative estimate of drug-likeness (QED) is 0.0449. The molecule has 0 radical (unpaired) electrons. The first kappa shape index (κ1) is 49.4. The van der Waals surface area contributed by atoms with Gasteiger partial charge in [-0.25, -0.2) is 0 Å². The van der Waals surface area contributed by atoms with Crippen molar-refractivity contribution in [3.63, 3.8) is 0 Å². The molecular weight excluding hydrogens is 822 g/mol. The highest BCUT2D eigenvalue weighted by atomic mass is 32.2. The molecule has 0 aromatic rings. The third-order valence-electron chi connectivity index (χ3n) is 9.93. The third kappa shape index (κ3) is 12.0. The number of hydrogen-bond donors (Lipinski definition) is 15. The molecule has 26 heteroatoms. The average Bonchev–Trinajstić information content (AvgIpc) is 3.21. The van der Waals surface area contributed by atoms with Crippen LogP contribution in [-0.2, 0) is 47.5 Å². The van der Waals surface area contributed by atoms with Gasteiger partial charge in [0, 0.05) is 19.1 Å². The number of nitrogens with one attached hydrogen (secondary N) is 3. The molecule has 340 valence electrons. The van der Waals surface area contributed by atoms with Gasteiger partial charge in [0.1, 0.15) is 103 Å². The van der Waals surface area contributed by atoms with Gasteiger partial charge in [0.05, 0.1) is 33.1 Å². The smallest absolute Gasteiger partial charge is 0.244 e. The van der Waals surface area contributed by atoms with Gasteiger partial charge in [-0.2, -0.15) is 0 Å². The Hall–Kier alpha value is -2.26. The number of hydrogen-bond acceptors (Lipinski definition) is 23. The van der Waals surface area contributed by atoms with Crippen LogP contribution in [0.2, 0.25) is 0 Å². The Labute approximate surface area is 340 Å². The lowest BCUT2D eigenvalue weighted by atomic mass is 9.94. The van der Waals surface area contributed by atoms with Crippen LogP contribution in [0.3, 0.4) is 0 Å². The molecule has 0 unspecified atom stereocenters. The minimum atomic E-state index is -2.04. The van der Waals surface area contributed by atoms with E-state index in [1.165, 1.54) is 0 Å². The Balaban J connectivity index is 1.41. The topological polar surface area (TPSA) is 395 Å². The minimum Gasteiger partial charge on any atom is -0.394 e. The summed E-state index contributed by atoms with van der Waals surface area (Å²) in [5.41, 5.74) is -1.17. The number of aliphatic hydroxyl groups is 12. The molecule has 4 rings (SSSR count). The molecule has 0 spiro atoms. The van der Waals surface area contributed by atoms with Gasteiger partial charge in [0.2, 0.25) is 17.7 Å². The van der Waals surface area contributed by atoms with Crippen LogP contribution < -0.4 is 16.0 Å². The van der Waals surface area contributed by atoms with Crippen molar-refractivity contribution in [3.8, 4) is 0 Å². The average molecular weight is 878 g/mol. The van der Waals surface area contributed by atoms with E-state index in [1.54, 1.807) is 0 Å². The standard InChI is InChI=1S/C33H55N3O22S/c1-3-16(42)34-10-35-17(43)4-5-59-33-26(51)23(48)29(15(9-40)55-33)58-32-25(50)22(47)28(14(8-39)54-32)56-30-18(36-11(2)41)20(45)27(13(7-38)53-30)57-31-24(49)21(46)19(44)12(6-37)52-31/h3,12-15,18-33,37-40,44-51H,1,4-10H2,2H3,(H,34,42)(H,35,43)(H,36,41)/t12-,13-,14-,15-,18-,19-,20-,21+,22-,23-,24-,25-,26-,27-,28+,29-,30+,31+,32+,33+/m1/s1. The summed E-state index contributed by atoms with van der Waals surface area (Å²) in [6.07, 6.45) is -30.3. The summed E-state index contributed by atoms with van der Waals surface area (Å²) in [5.74, 6) is -1.63. The van der Waals surface area contributed by atoms with Crippen molar-refractivity contribution in [2.75, 3.05) is 38.8 Å². The monoisotopic (exact) mass is 877 g/mol. The lowest BCUT2D eigenvalue weighted by Gasteiger charge is -2.50. The fraction of sp³-hybridized carbons (Fsp3) is 0.848. The predicted molar refractivity (Wildman–Crippen MR) is 192 cm³/mol. The van der Waals surface area contributed by atoms with E-state index in [2.05, 4.69) is 22.5 Å². The van der Waals surface area contributed by atoms with E-state index in [0.29, 0.717) is 0 Å². The van der Waals surface area contributed by atoms with Crippen LogP contribution in [0.1, 0.15) is 13.3 Å². The van der Waals surface area contributed by atoms with Gasteiger partial charge < -0.3 is 110 Å². The van der Waals surface area contributed by atoms with Crippen LogP contribution in [0.4, 0.5) is 0 Å². The molecule has 0 aromatic carbocycles. The van der Waals surface area contributed by atoms with Crippen molar-refractivity contribution in [1.82, 2.24) is 16.0 Å². The molecule has 25 nitrogen and oxygen atoms in total. The highest BCUT2D eigenvalue weighted by Crippen LogP contribution is 2.35. The van der Waals surface area contributed by atoms with Gasteiger partial charge in [0.25, 0.3) is 0 Å². The molecule has 4 aliphatic rings. The third-order valence-corrected chi connectivity index (χ3v) is 11.1. The SMILES string of the molecule is C=CC(=O)NCNC(=O)CCS[C@@H]1O[C@H](CO)[C@@H](O[C@@H]2O[C@H](CO)[C@H](O[C@@H]3O[C@H](CO)[C@@H](O[C@@H]4O[C@H](CO)[C@@H](O)[C@H](O)[C@H]4O)[C@H](O)[C@H]3NC(C)=O)[C@H](O)[C@H]2O)[C@H](O)[C@H]1O. The second-order valence-corrected chi connectivity index (χ2v) is 15.2. The number of ether oxygens (including phenoxy) is 7. The molecule has 0 aliphatic carbocycles. The molecule has 59 heavy (non-hydrogen) atoms. The van der Waals surface area contributed by atoms with E-state index in [-0.39, 0.29) is 18.8 Å². The summed E-state index contributed by atoms with van der Waals surface area (Å²) < 4.78 is 39.8. The van der Waals surface area contributed by atoms with Crippen molar-refractivity contribution in [3.05, 3.63) is 12.7 Å². The summed E-state index contributed by atoms with van der Waals surface area (Å²) in [6.45, 7) is 0.774. The molecule has 20 atom stereocenters. The first-order valence-electron chi connectivity index (χ1n) is 18.5. The van der Waals surface area contributed by atoms with Gasteiger partial charge in [0.15, 0.2) is 18.9 Å². The molecule has 0 aromatic heterocycles. The normalized spacial score (nSPS) is 42.7. The Morgan fingerprint density at radius 1 is 0.610 bits per heavy atom. The Morgan fingerprint density at radius 2 is 1.08 bits per heavy atom. The van der Waals surface area contributed by atoms with Gasteiger partial charge in [-0.1, -0.05) is 6.58 Å². The van der Waals surface area contributed by atoms with Crippen molar-refractivity contribution in [2.24, 2.45) is 0 Å². The van der Waals surface area contributed by atoms with Crippen molar-refractivity contribution in [1.29, 1.82) is 0 Å². The number of thioether (sulfide) groups is 1. The second-order valence-electron chi connectivity index (χ2n) is 14.0. The molecule has 0 saturated carbocycles. The van der Waals surface area contributed by atoms with Gasteiger partial charge in [-0.15, -0.1) is 11.8 Å². The number of aliphatic hydroxyl groups excluding tert-OH is 12. The van der Waals surface area contributed by atoms with E-state index in [9.17, 15) is 75.7 Å². The highest BCUT2D eigenvalue weighted by Gasteiger charge is 2.55. The van der Waals surface area contributed by atoms with E-state index in [1.807, 2.05) is 0 Å². The zero-order valence-corrected chi connectivity index (χ0v) is 32.5. The lowest BCUT2D eigenvalue weighted by Crippen LogP contribution is -2.69. The fourth-order valence-corrected chi connectivity index (χ4v) is 7.85. The number of carbonyl (C=O) groups is 3. The van der Waals surface area contributed by atoms with Crippen LogP contribution in [0.15, 0.2) is 12.7 Å². The van der Waals surface area contributed by atoms with E-state index in [4.69, 9.17) is 33.2 Å². The zero-order valence-electron chi connectivity index (χ0n) is 31.6. The van der Waals surface area contributed by atoms with Gasteiger partial charge in [-0.3, -0.25) is 14.4 Å². The first-order chi connectivity index (χ1) is 28.0. The Kier molecular flexibility index (Phi) is 19.0. The molecule has 15 N–H and O–H groups in total. The molecule has 4 aliphatic heterocycles. The van der Waals surface area contributed by atoms with Crippen LogP contribution in [0, 0.1) is 0 Å². The van der Waals surface area contributed by atoms with Crippen LogP contribution >= 0.6 is 11.8 Å². The van der Waals surface area contributed by atoms with E-state index >= 15 is 0 Å². The Bertz CT molecular complexity index is 1370. The molecule has 4 heterocycles. The largest absolute Gasteiger partial charge is 0.394 e. The molecule has 4 fully saturated rings. The fourth-order valence-electron chi connectivity index (χ4n) is 6.73. The van der Waals surface area contributed by atoms with E-state index in [0.717, 1.165) is 24.8 Å². The van der Waals surface area contributed by atoms with Crippen LogP contribution in [-0.4, -0.2) is 240 Å². The van der Waals surface area contributed by atoms with Crippen molar-refractivity contribution >= 4 is 29.5 Å². The summed E-state index contributed by atoms with van der Waals surface area (Å²) in [7, 11) is 0. The van der Waals surface area contributed by atoms with Crippen LogP contribution in [0.25, 0.3) is 0 Å². The summed E-state index contributed by atoms with van der Waals surface area (Å²) >= 11 is 0.928. The number of amides is 3. The summed E-state index contributed by atoms with van der Waals surface area (Å²) in [4.78, 5) is 35.5. The first-order valence-corrected chi connectivity index (χ1v) is 19.6. The minimum absolute atomic E-state index is 0.0745. The Morgan fingerprint density at radius 3 is 1.63 bits per heavy atom. The predicted octanol–water partition coefficient (Wildman–Crippen LogP) is -9.10. The summed E-state index contributed by atoms with van der Waals surface area (Å²) in [5, 5.41) is 134. The summed E-state index contributed by atoms with van der Waals surface area (Å²) in [6, 6.07) is -1.60. The molecule has 0 bridgehead atoms. The van der Waals surface area contributed by atoms with Crippen LogP contribution in [0.5, 0.6) is 0 Å². The number of carbonyl (C=O) groups excluding carboxylic acids is 3. The molecule has 3 amide bonds. The molecule has 4 saturated heterocycles. The molecular formula is C33H55N3O22S. The number of rotatable bonds is 18. The maximum atomic E-state index is 12.2. The maximum Gasteiger partial charge on any atom is 0.244 e. The maximum absolute atomic E-state index is 12.2. The van der Waals surface area contributed by atoms with E-state index < -0.39 is 166 Å². The second kappa shape index (κ2) is 22.7.